The van der Waals surface area contributed by atoms with Crippen LogP contribution in [0.25, 0.3) is 0 Å². The van der Waals surface area contributed by atoms with E-state index in [0.717, 1.165) is 11.1 Å². The van der Waals surface area contributed by atoms with Gasteiger partial charge in [0, 0.05) is 0 Å². The summed E-state index contributed by atoms with van der Waals surface area (Å²) >= 11 is 0. The lowest BCUT2D eigenvalue weighted by atomic mass is 9.97. The second-order valence-corrected chi connectivity index (χ2v) is 4.62. The first-order valence-corrected chi connectivity index (χ1v) is 6.38. The standard InChI is InChI=1S/C15H21NO4/c1-9-6-11(13(19-4)7-10(9)2)15(18)12(16-3)8-14(17)20-5/h6-7,12,16H,8H2,1-5H3. The molecular weight excluding hydrogens is 258 g/mol. The van der Waals surface area contributed by atoms with Crippen LogP contribution in [-0.4, -0.2) is 39.1 Å². The highest BCUT2D eigenvalue weighted by Gasteiger charge is 2.25. The molecule has 1 aromatic carbocycles. The van der Waals surface area contributed by atoms with Crippen LogP contribution in [0.5, 0.6) is 5.75 Å². The van der Waals surface area contributed by atoms with Gasteiger partial charge in [-0.2, -0.15) is 0 Å². The number of ketones is 1. The lowest BCUT2D eigenvalue weighted by Gasteiger charge is -2.17. The molecule has 110 valence electrons. The number of benzene rings is 1. The summed E-state index contributed by atoms with van der Waals surface area (Å²) in [5.74, 6) is -0.0958. The Labute approximate surface area is 119 Å². The predicted molar refractivity (Wildman–Crippen MR) is 76.3 cm³/mol. The molecule has 0 heterocycles. The van der Waals surface area contributed by atoms with Gasteiger partial charge >= 0.3 is 5.97 Å². The Balaban J connectivity index is 3.11. The summed E-state index contributed by atoms with van der Waals surface area (Å²) in [6.45, 7) is 3.89. The van der Waals surface area contributed by atoms with Crippen LogP contribution in [0.1, 0.15) is 27.9 Å². The number of aryl methyl sites for hydroxylation is 2. The lowest BCUT2D eigenvalue weighted by molar-refractivity contribution is -0.140. The zero-order valence-corrected chi connectivity index (χ0v) is 12.6. The Morgan fingerprint density at radius 1 is 1.20 bits per heavy atom. The van der Waals surface area contributed by atoms with Crippen molar-refractivity contribution in [3.63, 3.8) is 0 Å². The summed E-state index contributed by atoms with van der Waals surface area (Å²) in [5, 5.41) is 2.84. The molecule has 0 bridgehead atoms. The van der Waals surface area contributed by atoms with Gasteiger partial charge in [-0.05, 0) is 44.2 Å². The number of methoxy groups -OCH3 is 2. The summed E-state index contributed by atoms with van der Waals surface area (Å²) in [7, 11) is 4.46. The van der Waals surface area contributed by atoms with E-state index in [0.29, 0.717) is 11.3 Å². The van der Waals surface area contributed by atoms with Crippen LogP contribution in [0.4, 0.5) is 0 Å². The van der Waals surface area contributed by atoms with Gasteiger partial charge in [-0.1, -0.05) is 0 Å². The maximum Gasteiger partial charge on any atom is 0.307 e. The first-order chi connectivity index (χ1) is 9.44. The number of ether oxygens (including phenoxy) is 2. The molecule has 0 saturated carbocycles. The largest absolute Gasteiger partial charge is 0.496 e. The van der Waals surface area contributed by atoms with E-state index in [-0.39, 0.29) is 12.2 Å². The molecule has 1 aromatic rings. The van der Waals surface area contributed by atoms with Crippen LogP contribution < -0.4 is 10.1 Å². The second-order valence-electron chi connectivity index (χ2n) is 4.62. The Bertz CT molecular complexity index is 511. The third kappa shape index (κ3) is 3.57. The van der Waals surface area contributed by atoms with Gasteiger partial charge in [-0.3, -0.25) is 9.59 Å². The van der Waals surface area contributed by atoms with E-state index in [2.05, 4.69) is 10.1 Å². The van der Waals surface area contributed by atoms with Gasteiger partial charge in [0.2, 0.25) is 0 Å². The first kappa shape index (κ1) is 16.2. The molecule has 0 saturated heterocycles. The summed E-state index contributed by atoms with van der Waals surface area (Å²) in [6.07, 6.45) is -0.0120. The Morgan fingerprint density at radius 3 is 2.30 bits per heavy atom. The molecule has 1 atom stereocenters. The van der Waals surface area contributed by atoms with Crippen LogP contribution >= 0.6 is 0 Å². The fourth-order valence-electron chi connectivity index (χ4n) is 1.91. The van der Waals surface area contributed by atoms with Crippen molar-refractivity contribution in [2.24, 2.45) is 0 Å². The molecule has 0 aliphatic heterocycles. The van der Waals surface area contributed by atoms with Gasteiger partial charge in [0.25, 0.3) is 0 Å². The number of likely N-dealkylation sites (N-methyl/N-ethyl adjacent to an activating group) is 1. The average molecular weight is 279 g/mol. The number of esters is 1. The molecule has 0 aliphatic carbocycles. The fraction of sp³-hybridized carbons (Fsp3) is 0.467. The number of nitrogens with one attached hydrogen (secondary N) is 1. The molecule has 0 spiro atoms. The van der Waals surface area contributed by atoms with E-state index in [4.69, 9.17) is 4.74 Å². The van der Waals surface area contributed by atoms with Crippen LogP contribution in [0.2, 0.25) is 0 Å². The maximum atomic E-state index is 12.5. The molecule has 0 amide bonds. The van der Waals surface area contributed by atoms with E-state index in [1.807, 2.05) is 19.9 Å². The van der Waals surface area contributed by atoms with Gasteiger partial charge in [-0.15, -0.1) is 0 Å². The van der Waals surface area contributed by atoms with Crippen molar-refractivity contribution in [1.82, 2.24) is 5.32 Å². The Hall–Kier alpha value is -1.88. The minimum atomic E-state index is -0.626. The molecule has 0 aliphatic rings. The number of hydrogen-bond acceptors (Lipinski definition) is 5. The molecule has 0 aromatic heterocycles. The van der Waals surface area contributed by atoms with E-state index >= 15 is 0 Å². The molecule has 1 unspecified atom stereocenters. The van der Waals surface area contributed by atoms with Gasteiger partial charge < -0.3 is 14.8 Å². The number of Topliss-reactive ketones (excluding diaryl/α,β-unsaturated/α-hetero) is 1. The lowest BCUT2D eigenvalue weighted by Crippen LogP contribution is -2.36. The van der Waals surface area contributed by atoms with Crippen LogP contribution in [-0.2, 0) is 9.53 Å². The van der Waals surface area contributed by atoms with E-state index in [1.54, 1.807) is 13.1 Å². The summed E-state index contributed by atoms with van der Waals surface area (Å²) in [5.41, 5.74) is 2.52. The minimum Gasteiger partial charge on any atom is -0.496 e. The normalized spacial score (nSPS) is 11.8. The van der Waals surface area contributed by atoms with Crippen LogP contribution in [0, 0.1) is 13.8 Å². The van der Waals surface area contributed by atoms with Crippen molar-refractivity contribution >= 4 is 11.8 Å². The first-order valence-electron chi connectivity index (χ1n) is 6.38. The summed E-state index contributed by atoms with van der Waals surface area (Å²) in [6, 6.07) is 2.99. The van der Waals surface area contributed by atoms with Crippen LogP contribution in [0.15, 0.2) is 12.1 Å². The van der Waals surface area contributed by atoms with Crippen molar-refractivity contribution in [1.29, 1.82) is 0 Å². The van der Waals surface area contributed by atoms with E-state index < -0.39 is 12.0 Å². The Morgan fingerprint density at radius 2 is 1.80 bits per heavy atom. The third-order valence-electron chi connectivity index (χ3n) is 3.34. The maximum absolute atomic E-state index is 12.5. The SMILES string of the molecule is CNC(CC(=O)OC)C(=O)c1cc(C)c(C)cc1OC. The van der Waals surface area contributed by atoms with Crippen molar-refractivity contribution in [2.45, 2.75) is 26.3 Å². The predicted octanol–water partition coefficient (Wildman–Crippen LogP) is 1.65. The molecule has 0 radical (unpaired) electrons. The second kappa shape index (κ2) is 7.05. The molecule has 20 heavy (non-hydrogen) atoms. The van der Waals surface area contributed by atoms with E-state index in [1.165, 1.54) is 14.2 Å². The van der Waals surface area contributed by atoms with Crippen molar-refractivity contribution in [3.8, 4) is 5.75 Å². The molecule has 1 N–H and O–H groups in total. The van der Waals surface area contributed by atoms with Gasteiger partial charge in [0.1, 0.15) is 5.75 Å². The van der Waals surface area contributed by atoms with Crippen LogP contribution in [0.3, 0.4) is 0 Å². The van der Waals surface area contributed by atoms with Crippen molar-refractivity contribution in [2.75, 3.05) is 21.3 Å². The minimum absolute atomic E-state index is 0.0120. The number of hydrogen-bond donors (Lipinski definition) is 1. The molecule has 5 heteroatoms. The zero-order valence-electron chi connectivity index (χ0n) is 12.6. The third-order valence-corrected chi connectivity index (χ3v) is 3.34. The highest BCUT2D eigenvalue weighted by Crippen LogP contribution is 2.24. The average Bonchev–Trinajstić information content (AvgIpc) is 2.45. The molecule has 1 rings (SSSR count). The monoisotopic (exact) mass is 279 g/mol. The molecule has 0 fully saturated rings. The Kier molecular flexibility index (Phi) is 5.70. The summed E-state index contributed by atoms with van der Waals surface area (Å²) < 4.78 is 9.87. The summed E-state index contributed by atoms with van der Waals surface area (Å²) in [4.78, 5) is 23.9. The number of carbonyl (C=O) groups excluding carboxylic acids is 2. The number of rotatable bonds is 6. The smallest absolute Gasteiger partial charge is 0.307 e. The van der Waals surface area contributed by atoms with Crippen molar-refractivity contribution < 1.29 is 19.1 Å². The van der Waals surface area contributed by atoms with Gasteiger partial charge in [0.05, 0.1) is 32.2 Å². The highest BCUT2D eigenvalue weighted by atomic mass is 16.5. The zero-order chi connectivity index (χ0) is 15.3. The topological polar surface area (TPSA) is 64.6 Å². The van der Waals surface area contributed by atoms with Gasteiger partial charge in [0.15, 0.2) is 5.78 Å². The van der Waals surface area contributed by atoms with Gasteiger partial charge in [-0.25, -0.2) is 0 Å². The van der Waals surface area contributed by atoms with Crippen molar-refractivity contribution in [3.05, 3.63) is 28.8 Å². The number of carbonyl (C=O) groups is 2. The quantitative estimate of drug-likeness (QED) is 0.633. The highest BCUT2D eigenvalue weighted by molar-refractivity contribution is 6.04. The fourth-order valence-corrected chi connectivity index (χ4v) is 1.91. The van der Waals surface area contributed by atoms with E-state index in [9.17, 15) is 9.59 Å². The molecular formula is C15H21NO4. The molecule has 5 nitrogen and oxygen atoms in total.